The minimum Gasteiger partial charge on any atom is -0.497 e. The summed E-state index contributed by atoms with van der Waals surface area (Å²) in [5.41, 5.74) is 0.420. The maximum Gasteiger partial charge on any atom is 0.263 e. The van der Waals surface area contributed by atoms with Crippen LogP contribution in [0.2, 0.25) is 0 Å². The normalized spacial score (nSPS) is 10.4. The van der Waals surface area contributed by atoms with Crippen LogP contribution in [-0.2, 0) is 6.54 Å². The number of benzene rings is 2. The van der Waals surface area contributed by atoms with Crippen molar-refractivity contribution in [3.63, 3.8) is 0 Å². The number of pyridine rings is 1. The van der Waals surface area contributed by atoms with Crippen LogP contribution in [-0.4, -0.2) is 17.6 Å². The van der Waals surface area contributed by atoms with Gasteiger partial charge in [0.2, 0.25) is 0 Å². The number of hydrogen-bond acceptors (Lipinski definition) is 3. The Hall–Kier alpha value is -3.41. The van der Waals surface area contributed by atoms with Crippen molar-refractivity contribution in [2.75, 3.05) is 12.4 Å². The van der Waals surface area contributed by atoms with E-state index >= 15 is 0 Å². The molecule has 132 valence electrons. The van der Waals surface area contributed by atoms with Crippen molar-refractivity contribution in [3.05, 3.63) is 94.2 Å². The SMILES string of the molecule is COc1ccc(NC(=O)c2cccn(Cc3ccccc3F)c2=O)cc1. The van der Waals surface area contributed by atoms with E-state index in [2.05, 4.69) is 5.32 Å². The summed E-state index contributed by atoms with van der Waals surface area (Å²) in [6.45, 7) is 0.0508. The van der Waals surface area contributed by atoms with Crippen LogP contribution < -0.4 is 15.6 Å². The van der Waals surface area contributed by atoms with Gasteiger partial charge in [-0.2, -0.15) is 0 Å². The smallest absolute Gasteiger partial charge is 0.263 e. The zero-order valence-electron chi connectivity index (χ0n) is 14.1. The number of carbonyl (C=O) groups excluding carboxylic acids is 1. The Morgan fingerprint density at radius 2 is 1.81 bits per heavy atom. The molecule has 1 heterocycles. The molecule has 0 fully saturated rings. The molecule has 1 amide bonds. The van der Waals surface area contributed by atoms with Gasteiger partial charge in [-0.05, 0) is 42.5 Å². The van der Waals surface area contributed by atoms with Gasteiger partial charge in [0, 0.05) is 17.4 Å². The van der Waals surface area contributed by atoms with Crippen molar-refractivity contribution >= 4 is 11.6 Å². The van der Waals surface area contributed by atoms with Crippen LogP contribution in [0.25, 0.3) is 0 Å². The third kappa shape index (κ3) is 3.80. The quantitative estimate of drug-likeness (QED) is 0.766. The fraction of sp³-hybridized carbons (Fsp3) is 0.100. The first-order valence-corrected chi connectivity index (χ1v) is 7.97. The summed E-state index contributed by atoms with van der Waals surface area (Å²) in [6, 6.07) is 16.0. The highest BCUT2D eigenvalue weighted by Gasteiger charge is 2.13. The number of carbonyl (C=O) groups is 1. The van der Waals surface area contributed by atoms with E-state index in [0.717, 1.165) is 0 Å². The van der Waals surface area contributed by atoms with Gasteiger partial charge in [-0.1, -0.05) is 18.2 Å². The molecule has 26 heavy (non-hydrogen) atoms. The summed E-state index contributed by atoms with van der Waals surface area (Å²) in [5.74, 6) is -0.259. The second-order valence-electron chi connectivity index (χ2n) is 5.63. The Morgan fingerprint density at radius 3 is 2.50 bits per heavy atom. The molecule has 0 spiro atoms. The lowest BCUT2D eigenvalue weighted by Crippen LogP contribution is -2.29. The number of aromatic nitrogens is 1. The van der Waals surface area contributed by atoms with Crippen LogP contribution in [0.4, 0.5) is 10.1 Å². The van der Waals surface area contributed by atoms with Crippen molar-refractivity contribution < 1.29 is 13.9 Å². The number of amides is 1. The first-order valence-electron chi connectivity index (χ1n) is 7.97. The van der Waals surface area contributed by atoms with Gasteiger partial charge in [-0.25, -0.2) is 4.39 Å². The molecule has 0 atom stereocenters. The Bertz CT molecular complexity index is 981. The van der Waals surface area contributed by atoms with Crippen molar-refractivity contribution in [2.45, 2.75) is 6.54 Å². The topological polar surface area (TPSA) is 60.3 Å². The van der Waals surface area contributed by atoms with Crippen LogP contribution >= 0.6 is 0 Å². The van der Waals surface area contributed by atoms with Crippen LogP contribution in [0.1, 0.15) is 15.9 Å². The van der Waals surface area contributed by atoms with E-state index in [9.17, 15) is 14.0 Å². The molecule has 5 nitrogen and oxygen atoms in total. The van der Waals surface area contributed by atoms with E-state index in [1.54, 1.807) is 55.6 Å². The van der Waals surface area contributed by atoms with Crippen molar-refractivity contribution in [1.29, 1.82) is 0 Å². The highest BCUT2D eigenvalue weighted by molar-refractivity contribution is 6.04. The molecule has 0 aliphatic heterocycles. The lowest BCUT2D eigenvalue weighted by molar-refractivity contribution is 0.102. The summed E-state index contributed by atoms with van der Waals surface area (Å²) in [6.07, 6.45) is 1.53. The highest BCUT2D eigenvalue weighted by atomic mass is 19.1. The lowest BCUT2D eigenvalue weighted by Gasteiger charge is -2.10. The fourth-order valence-corrected chi connectivity index (χ4v) is 2.52. The van der Waals surface area contributed by atoms with E-state index in [-0.39, 0.29) is 12.1 Å². The number of methoxy groups -OCH3 is 1. The van der Waals surface area contributed by atoms with Crippen LogP contribution in [0.15, 0.2) is 71.7 Å². The molecular weight excluding hydrogens is 335 g/mol. The van der Waals surface area contributed by atoms with Gasteiger partial charge in [0.15, 0.2) is 0 Å². The number of nitrogens with zero attached hydrogens (tertiary/aromatic N) is 1. The van der Waals surface area contributed by atoms with Crippen molar-refractivity contribution in [2.24, 2.45) is 0 Å². The third-order valence-electron chi connectivity index (χ3n) is 3.91. The Kier molecular flexibility index (Phi) is 5.12. The van der Waals surface area contributed by atoms with Gasteiger partial charge in [-0.15, -0.1) is 0 Å². The van der Waals surface area contributed by atoms with Crippen molar-refractivity contribution in [1.82, 2.24) is 4.57 Å². The molecule has 0 saturated heterocycles. The predicted octanol–water partition coefficient (Wildman–Crippen LogP) is 3.30. The predicted molar refractivity (Wildman–Crippen MR) is 97.2 cm³/mol. The molecule has 0 saturated carbocycles. The molecule has 3 rings (SSSR count). The first-order chi connectivity index (χ1) is 12.6. The molecule has 0 aliphatic rings. The molecule has 0 aliphatic carbocycles. The Balaban J connectivity index is 1.83. The molecule has 6 heteroatoms. The number of hydrogen-bond donors (Lipinski definition) is 1. The van der Waals surface area contributed by atoms with E-state index in [1.807, 2.05) is 0 Å². The Morgan fingerprint density at radius 1 is 1.08 bits per heavy atom. The van der Waals surface area contributed by atoms with Crippen molar-refractivity contribution in [3.8, 4) is 5.75 Å². The van der Waals surface area contributed by atoms with Gasteiger partial charge in [0.1, 0.15) is 17.1 Å². The minimum absolute atomic E-state index is 0.0142. The Labute approximate surface area is 149 Å². The fourth-order valence-electron chi connectivity index (χ4n) is 2.52. The van der Waals surface area contributed by atoms with Gasteiger partial charge >= 0.3 is 0 Å². The van der Waals surface area contributed by atoms with Crippen LogP contribution in [0.3, 0.4) is 0 Å². The number of nitrogens with one attached hydrogen (secondary N) is 1. The third-order valence-corrected chi connectivity index (χ3v) is 3.91. The molecule has 0 unspecified atom stereocenters. The second-order valence-corrected chi connectivity index (χ2v) is 5.63. The maximum atomic E-state index is 13.8. The monoisotopic (exact) mass is 352 g/mol. The van der Waals surface area contributed by atoms with Crippen LogP contribution in [0, 0.1) is 5.82 Å². The summed E-state index contributed by atoms with van der Waals surface area (Å²) in [7, 11) is 1.55. The molecule has 3 aromatic rings. The van der Waals surface area contributed by atoms with E-state index in [1.165, 1.54) is 22.9 Å². The molecule has 0 bridgehead atoms. The summed E-state index contributed by atoms with van der Waals surface area (Å²) >= 11 is 0. The molecular formula is C20H17FN2O3. The largest absolute Gasteiger partial charge is 0.497 e. The van der Waals surface area contributed by atoms with Gasteiger partial charge in [0.25, 0.3) is 11.5 Å². The second kappa shape index (κ2) is 7.65. The minimum atomic E-state index is -0.525. The van der Waals surface area contributed by atoms with E-state index in [4.69, 9.17) is 4.74 Å². The van der Waals surface area contributed by atoms with Gasteiger partial charge in [-0.3, -0.25) is 9.59 Å². The number of halogens is 1. The van der Waals surface area contributed by atoms with Gasteiger partial charge < -0.3 is 14.6 Å². The average molecular weight is 352 g/mol. The van der Waals surface area contributed by atoms with Crippen LogP contribution in [0.5, 0.6) is 5.75 Å². The summed E-state index contributed by atoms with van der Waals surface area (Å²) in [4.78, 5) is 25.0. The zero-order chi connectivity index (χ0) is 18.5. The molecule has 1 N–H and O–H groups in total. The number of ether oxygens (including phenoxy) is 1. The molecule has 2 aromatic carbocycles. The first kappa shape index (κ1) is 17.4. The summed E-state index contributed by atoms with van der Waals surface area (Å²) in [5, 5.41) is 2.67. The molecule has 1 aromatic heterocycles. The number of anilines is 1. The average Bonchev–Trinajstić information content (AvgIpc) is 2.65. The summed E-state index contributed by atoms with van der Waals surface area (Å²) < 4.78 is 20.2. The number of rotatable bonds is 5. The highest BCUT2D eigenvalue weighted by Crippen LogP contribution is 2.15. The standard InChI is InChI=1S/C20H17FN2O3/c1-26-16-10-8-15(9-11-16)22-19(24)17-6-4-12-23(20(17)25)13-14-5-2-3-7-18(14)21/h2-12H,13H2,1H3,(H,22,24). The zero-order valence-corrected chi connectivity index (χ0v) is 14.1. The lowest BCUT2D eigenvalue weighted by atomic mass is 10.2. The van der Waals surface area contributed by atoms with Gasteiger partial charge in [0.05, 0.1) is 13.7 Å². The van der Waals surface area contributed by atoms with E-state index < -0.39 is 17.3 Å². The molecule has 0 radical (unpaired) electrons. The van der Waals surface area contributed by atoms with E-state index in [0.29, 0.717) is 17.0 Å². The maximum absolute atomic E-state index is 13.8.